The summed E-state index contributed by atoms with van der Waals surface area (Å²) >= 11 is 6.10. The topological polar surface area (TPSA) is 12.0 Å². The van der Waals surface area contributed by atoms with Crippen molar-refractivity contribution in [1.29, 1.82) is 0 Å². The Balaban J connectivity index is 2.01. The van der Waals surface area contributed by atoms with Crippen molar-refractivity contribution in [3.63, 3.8) is 0 Å². The fourth-order valence-corrected chi connectivity index (χ4v) is 3.57. The van der Waals surface area contributed by atoms with Gasteiger partial charge in [-0.3, -0.25) is 0 Å². The summed E-state index contributed by atoms with van der Waals surface area (Å²) in [5.41, 5.74) is 6.99. The molecule has 1 N–H and O–H groups in total. The van der Waals surface area contributed by atoms with E-state index in [1.165, 1.54) is 47.1 Å². The van der Waals surface area contributed by atoms with Crippen LogP contribution < -0.4 is 5.32 Å². The molecular formula is C19H22ClN. The third-order valence-corrected chi connectivity index (χ3v) is 4.64. The Morgan fingerprint density at radius 1 is 1.10 bits per heavy atom. The van der Waals surface area contributed by atoms with Crippen LogP contribution in [0, 0.1) is 6.92 Å². The summed E-state index contributed by atoms with van der Waals surface area (Å²) in [6.45, 7) is 5.24. The van der Waals surface area contributed by atoms with E-state index in [4.69, 9.17) is 11.6 Å². The highest BCUT2D eigenvalue weighted by Gasteiger charge is 2.18. The van der Waals surface area contributed by atoms with Gasteiger partial charge < -0.3 is 5.32 Å². The fourth-order valence-electron chi connectivity index (χ4n) is 3.35. The Kier molecular flexibility index (Phi) is 4.32. The van der Waals surface area contributed by atoms with Crippen molar-refractivity contribution in [2.75, 3.05) is 6.54 Å². The number of nitrogens with one attached hydrogen (secondary N) is 1. The highest BCUT2D eigenvalue weighted by molar-refractivity contribution is 6.30. The molecule has 1 unspecified atom stereocenters. The summed E-state index contributed by atoms with van der Waals surface area (Å²) < 4.78 is 0. The third-order valence-electron chi connectivity index (χ3n) is 4.41. The van der Waals surface area contributed by atoms with Crippen LogP contribution in [-0.4, -0.2) is 6.54 Å². The SMILES string of the molecule is CCNC(c1ccc2c(c1)CCC2)c1ccc(Cl)cc1C. The quantitative estimate of drug-likeness (QED) is 0.852. The molecule has 0 radical (unpaired) electrons. The predicted octanol–water partition coefficient (Wildman–Crippen LogP) is 4.84. The van der Waals surface area contributed by atoms with Crippen molar-refractivity contribution in [3.05, 3.63) is 69.2 Å². The first-order chi connectivity index (χ1) is 10.2. The number of halogens is 1. The van der Waals surface area contributed by atoms with Gasteiger partial charge in [-0.1, -0.05) is 42.8 Å². The van der Waals surface area contributed by atoms with Gasteiger partial charge in [0.2, 0.25) is 0 Å². The van der Waals surface area contributed by atoms with E-state index in [0.29, 0.717) is 0 Å². The zero-order valence-corrected chi connectivity index (χ0v) is 13.5. The molecule has 0 amide bonds. The van der Waals surface area contributed by atoms with Crippen LogP contribution >= 0.6 is 11.6 Å². The highest BCUT2D eigenvalue weighted by Crippen LogP contribution is 2.30. The molecule has 0 saturated carbocycles. The maximum absolute atomic E-state index is 6.10. The standard InChI is InChI=1S/C19H22ClN/c1-3-21-19(18-10-9-17(20)11-13(18)2)16-8-7-14-5-4-6-15(14)12-16/h7-12,19,21H,3-6H2,1-2H3. The normalized spacial score (nSPS) is 15.0. The van der Waals surface area contributed by atoms with Crippen LogP contribution in [0.1, 0.15) is 47.2 Å². The minimum atomic E-state index is 0.248. The molecule has 0 saturated heterocycles. The number of rotatable bonds is 4. The van der Waals surface area contributed by atoms with Crippen LogP contribution in [0.3, 0.4) is 0 Å². The minimum Gasteiger partial charge on any atom is -0.307 e. The molecule has 1 nitrogen and oxygen atoms in total. The number of aryl methyl sites for hydroxylation is 3. The van der Waals surface area contributed by atoms with E-state index in [1.807, 2.05) is 6.07 Å². The number of hydrogen-bond acceptors (Lipinski definition) is 1. The summed E-state index contributed by atoms with van der Waals surface area (Å²) in [7, 11) is 0. The number of benzene rings is 2. The Bertz CT molecular complexity index is 648. The Morgan fingerprint density at radius 2 is 1.90 bits per heavy atom. The molecule has 0 bridgehead atoms. The number of fused-ring (bicyclic) bond motifs is 1. The molecular weight excluding hydrogens is 278 g/mol. The summed E-state index contributed by atoms with van der Waals surface area (Å²) in [5, 5.41) is 4.43. The van der Waals surface area contributed by atoms with Crippen LogP contribution in [0.5, 0.6) is 0 Å². The van der Waals surface area contributed by atoms with Gasteiger partial charge in [-0.05, 0) is 72.7 Å². The molecule has 2 aromatic rings. The smallest absolute Gasteiger partial charge is 0.0579 e. The molecule has 110 valence electrons. The van der Waals surface area contributed by atoms with Gasteiger partial charge in [0.25, 0.3) is 0 Å². The van der Waals surface area contributed by atoms with E-state index in [2.05, 4.69) is 49.5 Å². The average molecular weight is 300 g/mol. The van der Waals surface area contributed by atoms with Gasteiger partial charge in [-0.25, -0.2) is 0 Å². The lowest BCUT2D eigenvalue weighted by Gasteiger charge is -2.22. The molecule has 1 atom stereocenters. The molecule has 0 heterocycles. The van der Waals surface area contributed by atoms with Crippen molar-refractivity contribution >= 4 is 11.6 Å². The largest absolute Gasteiger partial charge is 0.307 e. The second-order valence-corrected chi connectivity index (χ2v) is 6.31. The summed E-state index contributed by atoms with van der Waals surface area (Å²) in [5.74, 6) is 0. The number of hydrogen-bond donors (Lipinski definition) is 1. The van der Waals surface area contributed by atoms with Gasteiger partial charge >= 0.3 is 0 Å². The second-order valence-electron chi connectivity index (χ2n) is 5.87. The maximum Gasteiger partial charge on any atom is 0.0579 e. The Labute approximate surface area is 132 Å². The lowest BCUT2D eigenvalue weighted by atomic mass is 9.93. The summed E-state index contributed by atoms with van der Waals surface area (Å²) in [4.78, 5) is 0. The van der Waals surface area contributed by atoms with Crippen LogP contribution in [0.15, 0.2) is 36.4 Å². The van der Waals surface area contributed by atoms with Gasteiger partial charge in [-0.15, -0.1) is 0 Å². The van der Waals surface area contributed by atoms with Gasteiger partial charge in [0.1, 0.15) is 0 Å². The monoisotopic (exact) mass is 299 g/mol. The molecule has 21 heavy (non-hydrogen) atoms. The van der Waals surface area contributed by atoms with E-state index in [1.54, 1.807) is 0 Å². The summed E-state index contributed by atoms with van der Waals surface area (Å²) in [6.07, 6.45) is 3.76. The van der Waals surface area contributed by atoms with E-state index in [0.717, 1.165) is 11.6 Å². The van der Waals surface area contributed by atoms with E-state index in [9.17, 15) is 0 Å². The minimum absolute atomic E-state index is 0.248. The van der Waals surface area contributed by atoms with Crippen LogP contribution in [0.25, 0.3) is 0 Å². The van der Waals surface area contributed by atoms with Gasteiger partial charge in [-0.2, -0.15) is 0 Å². The average Bonchev–Trinajstić information content (AvgIpc) is 2.93. The van der Waals surface area contributed by atoms with Crippen LogP contribution in [-0.2, 0) is 12.8 Å². The van der Waals surface area contributed by atoms with Crippen molar-refractivity contribution in [3.8, 4) is 0 Å². The molecule has 0 aliphatic heterocycles. The lowest BCUT2D eigenvalue weighted by Crippen LogP contribution is -2.23. The Hall–Kier alpha value is -1.31. The van der Waals surface area contributed by atoms with Crippen LogP contribution in [0.2, 0.25) is 5.02 Å². The van der Waals surface area contributed by atoms with Crippen molar-refractivity contribution in [2.24, 2.45) is 0 Å². The first-order valence-corrected chi connectivity index (χ1v) is 8.18. The molecule has 1 aliphatic rings. The Morgan fingerprint density at radius 3 is 2.67 bits per heavy atom. The zero-order valence-electron chi connectivity index (χ0n) is 12.7. The lowest BCUT2D eigenvalue weighted by molar-refractivity contribution is 0.627. The fraction of sp³-hybridized carbons (Fsp3) is 0.368. The molecule has 3 rings (SSSR count). The second kappa shape index (κ2) is 6.21. The van der Waals surface area contributed by atoms with Crippen molar-refractivity contribution in [2.45, 2.75) is 39.2 Å². The van der Waals surface area contributed by atoms with E-state index >= 15 is 0 Å². The van der Waals surface area contributed by atoms with Crippen LogP contribution in [0.4, 0.5) is 0 Å². The highest BCUT2D eigenvalue weighted by atomic mass is 35.5. The van der Waals surface area contributed by atoms with Gasteiger partial charge in [0.15, 0.2) is 0 Å². The molecule has 0 fully saturated rings. The van der Waals surface area contributed by atoms with E-state index < -0.39 is 0 Å². The van der Waals surface area contributed by atoms with Gasteiger partial charge in [0, 0.05) is 5.02 Å². The van der Waals surface area contributed by atoms with Gasteiger partial charge in [0.05, 0.1) is 6.04 Å². The third kappa shape index (κ3) is 3.00. The molecule has 0 spiro atoms. The molecule has 0 aromatic heterocycles. The maximum atomic E-state index is 6.10. The molecule has 2 heteroatoms. The zero-order chi connectivity index (χ0) is 14.8. The van der Waals surface area contributed by atoms with E-state index in [-0.39, 0.29) is 6.04 Å². The summed E-state index contributed by atoms with van der Waals surface area (Å²) in [6, 6.07) is 13.4. The first-order valence-electron chi connectivity index (χ1n) is 7.80. The molecule has 1 aliphatic carbocycles. The van der Waals surface area contributed by atoms with Crippen molar-refractivity contribution < 1.29 is 0 Å². The first kappa shape index (κ1) is 14.6. The van der Waals surface area contributed by atoms with Crippen molar-refractivity contribution in [1.82, 2.24) is 5.32 Å². The molecule has 2 aromatic carbocycles. The predicted molar refractivity (Wildman–Crippen MR) is 90.2 cm³/mol.